The molecule has 1 aromatic heterocycles. The maximum Gasteiger partial charge on any atom is 0.257 e. The number of aryl methyl sites for hydroxylation is 1. The van der Waals surface area contributed by atoms with E-state index in [0.717, 1.165) is 5.56 Å². The summed E-state index contributed by atoms with van der Waals surface area (Å²) in [6.07, 6.45) is 0.471. The van der Waals surface area contributed by atoms with E-state index in [4.69, 9.17) is 4.52 Å². The number of hydrogen-bond donors (Lipinski definition) is 0. The van der Waals surface area contributed by atoms with Crippen LogP contribution in [0.25, 0.3) is 11.5 Å². The first-order chi connectivity index (χ1) is 12.0. The molecule has 0 saturated carbocycles. The standard InChI is InChI=1S/C19H18FN3O2/c1-13-5-3-4-6-16(13)19(24)23(2)12-11-17-21-18(25-22-17)14-7-9-15(20)10-8-14/h3-10H,11-12H2,1-2H3. The number of likely N-dealkylation sites (N-methyl/N-ethyl adjacent to an activating group) is 1. The van der Waals surface area contributed by atoms with Gasteiger partial charge >= 0.3 is 0 Å². The molecule has 3 rings (SSSR count). The number of nitrogens with zero attached hydrogens (tertiary/aromatic N) is 3. The van der Waals surface area contributed by atoms with Crippen LogP contribution in [0.2, 0.25) is 0 Å². The molecule has 25 heavy (non-hydrogen) atoms. The Labute approximate surface area is 145 Å². The van der Waals surface area contributed by atoms with Crippen molar-refractivity contribution >= 4 is 5.91 Å². The lowest BCUT2D eigenvalue weighted by Crippen LogP contribution is -2.29. The summed E-state index contributed by atoms with van der Waals surface area (Å²) in [4.78, 5) is 18.4. The average Bonchev–Trinajstić information content (AvgIpc) is 3.09. The molecule has 3 aromatic rings. The summed E-state index contributed by atoms with van der Waals surface area (Å²) >= 11 is 0. The second-order valence-corrected chi connectivity index (χ2v) is 5.81. The number of aromatic nitrogens is 2. The molecule has 1 amide bonds. The van der Waals surface area contributed by atoms with Gasteiger partial charge in [-0.25, -0.2) is 4.39 Å². The quantitative estimate of drug-likeness (QED) is 0.714. The molecule has 0 fully saturated rings. The van der Waals surface area contributed by atoms with E-state index in [9.17, 15) is 9.18 Å². The molecular weight excluding hydrogens is 321 g/mol. The highest BCUT2D eigenvalue weighted by molar-refractivity contribution is 5.95. The summed E-state index contributed by atoms with van der Waals surface area (Å²) in [5.74, 6) is 0.479. The first-order valence-electron chi connectivity index (χ1n) is 7.94. The molecule has 0 aliphatic carbocycles. The fraction of sp³-hybridized carbons (Fsp3) is 0.211. The number of halogens is 1. The molecule has 1 heterocycles. The van der Waals surface area contributed by atoms with Gasteiger partial charge in [0.05, 0.1) is 0 Å². The minimum atomic E-state index is -0.320. The van der Waals surface area contributed by atoms with Crippen LogP contribution in [0.5, 0.6) is 0 Å². The molecule has 0 aliphatic rings. The number of carbonyl (C=O) groups is 1. The number of benzene rings is 2. The van der Waals surface area contributed by atoms with Crippen LogP contribution in [0.3, 0.4) is 0 Å². The number of amides is 1. The van der Waals surface area contributed by atoms with Gasteiger partial charge in [-0.15, -0.1) is 0 Å². The molecule has 5 nitrogen and oxygen atoms in total. The predicted octanol–water partition coefficient (Wildman–Crippen LogP) is 3.50. The normalized spacial score (nSPS) is 10.7. The zero-order valence-corrected chi connectivity index (χ0v) is 14.1. The van der Waals surface area contributed by atoms with Crippen molar-refractivity contribution in [3.63, 3.8) is 0 Å². The van der Waals surface area contributed by atoms with Crippen molar-refractivity contribution in [2.75, 3.05) is 13.6 Å². The van der Waals surface area contributed by atoms with Crippen molar-refractivity contribution in [3.05, 3.63) is 71.3 Å². The van der Waals surface area contributed by atoms with Crippen molar-refractivity contribution < 1.29 is 13.7 Å². The molecule has 0 aliphatic heterocycles. The Morgan fingerprint density at radius 1 is 1.16 bits per heavy atom. The molecule has 6 heteroatoms. The third-order valence-electron chi connectivity index (χ3n) is 3.95. The number of rotatable bonds is 5. The first kappa shape index (κ1) is 16.8. The monoisotopic (exact) mass is 339 g/mol. The highest BCUT2D eigenvalue weighted by Crippen LogP contribution is 2.17. The lowest BCUT2D eigenvalue weighted by molar-refractivity contribution is 0.0795. The molecule has 0 radical (unpaired) electrons. The summed E-state index contributed by atoms with van der Waals surface area (Å²) in [7, 11) is 1.75. The molecule has 0 atom stereocenters. The van der Waals surface area contributed by atoms with Gasteiger partial charge in [0.1, 0.15) is 5.82 Å². The Morgan fingerprint density at radius 2 is 1.88 bits per heavy atom. The highest BCUT2D eigenvalue weighted by atomic mass is 19.1. The zero-order chi connectivity index (χ0) is 17.8. The molecular formula is C19H18FN3O2. The molecule has 2 aromatic carbocycles. The lowest BCUT2D eigenvalue weighted by atomic mass is 10.1. The Morgan fingerprint density at radius 3 is 2.60 bits per heavy atom. The van der Waals surface area contributed by atoms with Crippen LogP contribution in [0.1, 0.15) is 21.7 Å². The summed E-state index contributed by atoms with van der Waals surface area (Å²) in [6.45, 7) is 2.38. The second-order valence-electron chi connectivity index (χ2n) is 5.81. The van der Waals surface area contributed by atoms with Gasteiger partial charge in [0, 0.05) is 31.1 Å². The predicted molar refractivity (Wildman–Crippen MR) is 91.5 cm³/mol. The Balaban J connectivity index is 1.63. The van der Waals surface area contributed by atoms with Crippen molar-refractivity contribution in [3.8, 4) is 11.5 Å². The lowest BCUT2D eigenvalue weighted by Gasteiger charge is -2.17. The van der Waals surface area contributed by atoms with E-state index in [1.54, 1.807) is 24.1 Å². The third-order valence-corrected chi connectivity index (χ3v) is 3.95. The van der Waals surface area contributed by atoms with E-state index in [1.807, 2.05) is 31.2 Å². The van der Waals surface area contributed by atoms with E-state index in [-0.39, 0.29) is 11.7 Å². The molecule has 0 bridgehead atoms. The van der Waals surface area contributed by atoms with Crippen LogP contribution in [0.15, 0.2) is 53.1 Å². The van der Waals surface area contributed by atoms with Gasteiger partial charge in [-0.1, -0.05) is 23.4 Å². The zero-order valence-electron chi connectivity index (χ0n) is 14.1. The smallest absolute Gasteiger partial charge is 0.257 e. The van der Waals surface area contributed by atoms with Gasteiger partial charge < -0.3 is 9.42 Å². The Hall–Kier alpha value is -3.02. The minimum absolute atomic E-state index is 0.0413. The number of carbonyl (C=O) groups excluding carboxylic acids is 1. The van der Waals surface area contributed by atoms with Gasteiger partial charge in [0.25, 0.3) is 11.8 Å². The molecule has 128 valence electrons. The second kappa shape index (κ2) is 7.25. The number of hydrogen-bond acceptors (Lipinski definition) is 4. The van der Waals surface area contributed by atoms with Crippen LogP contribution < -0.4 is 0 Å². The summed E-state index contributed by atoms with van der Waals surface area (Å²) in [5, 5.41) is 3.92. The van der Waals surface area contributed by atoms with Crippen LogP contribution in [-0.2, 0) is 6.42 Å². The average molecular weight is 339 g/mol. The fourth-order valence-electron chi connectivity index (χ4n) is 2.45. The summed E-state index contributed by atoms with van der Waals surface area (Å²) in [5.41, 5.74) is 2.28. The van der Waals surface area contributed by atoms with E-state index in [1.165, 1.54) is 12.1 Å². The van der Waals surface area contributed by atoms with Crippen molar-refractivity contribution in [2.45, 2.75) is 13.3 Å². The molecule has 0 spiro atoms. The molecule has 0 saturated heterocycles. The first-order valence-corrected chi connectivity index (χ1v) is 7.94. The van der Waals surface area contributed by atoms with Crippen LogP contribution >= 0.6 is 0 Å². The summed E-state index contributed by atoms with van der Waals surface area (Å²) in [6, 6.07) is 13.3. The Kier molecular flexibility index (Phi) is 4.88. The van der Waals surface area contributed by atoms with Crippen molar-refractivity contribution in [1.82, 2.24) is 15.0 Å². The Bertz CT molecular complexity index is 874. The van der Waals surface area contributed by atoms with Crippen LogP contribution in [0, 0.1) is 12.7 Å². The van der Waals surface area contributed by atoms with E-state index in [0.29, 0.717) is 35.8 Å². The van der Waals surface area contributed by atoms with Gasteiger partial charge in [0.15, 0.2) is 5.82 Å². The topological polar surface area (TPSA) is 59.2 Å². The van der Waals surface area contributed by atoms with Crippen molar-refractivity contribution in [2.24, 2.45) is 0 Å². The van der Waals surface area contributed by atoms with Gasteiger partial charge in [-0.3, -0.25) is 4.79 Å². The largest absolute Gasteiger partial charge is 0.341 e. The van der Waals surface area contributed by atoms with Gasteiger partial charge in [-0.2, -0.15) is 4.98 Å². The van der Waals surface area contributed by atoms with E-state index in [2.05, 4.69) is 10.1 Å². The van der Waals surface area contributed by atoms with Gasteiger partial charge in [-0.05, 0) is 42.8 Å². The maximum atomic E-state index is 13.0. The van der Waals surface area contributed by atoms with Crippen LogP contribution in [0.4, 0.5) is 4.39 Å². The van der Waals surface area contributed by atoms with Crippen LogP contribution in [-0.4, -0.2) is 34.5 Å². The maximum absolute atomic E-state index is 13.0. The minimum Gasteiger partial charge on any atom is -0.341 e. The third kappa shape index (κ3) is 3.91. The fourth-order valence-corrected chi connectivity index (χ4v) is 2.45. The SMILES string of the molecule is Cc1ccccc1C(=O)N(C)CCc1noc(-c2ccc(F)cc2)n1. The molecule has 0 N–H and O–H groups in total. The highest BCUT2D eigenvalue weighted by Gasteiger charge is 2.15. The summed E-state index contributed by atoms with van der Waals surface area (Å²) < 4.78 is 18.2. The van der Waals surface area contributed by atoms with Crippen molar-refractivity contribution in [1.29, 1.82) is 0 Å². The molecule has 0 unspecified atom stereocenters. The van der Waals surface area contributed by atoms with Gasteiger partial charge in [0.2, 0.25) is 0 Å². The van der Waals surface area contributed by atoms with E-state index < -0.39 is 0 Å². The van der Waals surface area contributed by atoms with E-state index >= 15 is 0 Å².